The third-order valence-electron chi connectivity index (χ3n) is 2.99. The van der Waals surface area contributed by atoms with Crippen LogP contribution in [0.3, 0.4) is 0 Å². The Bertz CT molecular complexity index is 538. The molecule has 0 fully saturated rings. The van der Waals surface area contributed by atoms with Crippen LogP contribution in [-0.4, -0.2) is 32.8 Å². The fraction of sp³-hybridized carbons (Fsp3) is 0.500. The van der Waals surface area contributed by atoms with Gasteiger partial charge in [-0.25, -0.2) is 4.68 Å². The number of aryl methyl sites for hydroxylation is 1. The second-order valence-electron chi connectivity index (χ2n) is 5.01. The normalized spacial score (nSPS) is 11.2. The van der Waals surface area contributed by atoms with Gasteiger partial charge in [0, 0.05) is 18.3 Å². The molecule has 0 atom stereocenters. The number of rotatable bonds is 7. The van der Waals surface area contributed by atoms with Crippen LogP contribution in [0.5, 0.6) is 0 Å². The molecule has 0 aliphatic carbocycles. The topological polar surface area (TPSA) is 55.6 Å². The highest BCUT2D eigenvalue weighted by Gasteiger charge is 2.07. The Morgan fingerprint density at radius 1 is 1.30 bits per heavy atom. The van der Waals surface area contributed by atoms with Crippen LogP contribution in [0.2, 0.25) is 0 Å². The van der Waals surface area contributed by atoms with Gasteiger partial charge >= 0.3 is 0 Å². The van der Waals surface area contributed by atoms with Gasteiger partial charge in [0.1, 0.15) is 0 Å². The average Bonchev–Trinajstić information content (AvgIpc) is 2.85. The van der Waals surface area contributed by atoms with E-state index < -0.39 is 0 Å². The zero-order valence-corrected chi connectivity index (χ0v) is 13.0. The lowest BCUT2D eigenvalue weighted by Gasteiger charge is -2.09. The quantitative estimate of drug-likeness (QED) is 0.793. The Kier molecular flexibility index (Phi) is 5.55. The van der Waals surface area contributed by atoms with Crippen molar-refractivity contribution in [3.8, 4) is 0 Å². The van der Waals surface area contributed by atoms with Crippen LogP contribution in [0.1, 0.15) is 25.0 Å². The van der Waals surface area contributed by atoms with E-state index in [1.54, 1.807) is 11.8 Å². The summed E-state index contributed by atoms with van der Waals surface area (Å²) in [6.07, 6.45) is 0. The molecule has 0 saturated carbocycles. The molecule has 0 bridgehead atoms. The number of thioether (sulfide) groups is 1. The first-order valence-electron chi connectivity index (χ1n) is 6.83. The molecule has 2 aromatic rings. The van der Waals surface area contributed by atoms with Gasteiger partial charge in [-0.3, -0.25) is 0 Å². The first kappa shape index (κ1) is 15.0. The Balaban J connectivity index is 1.90. The van der Waals surface area contributed by atoms with Crippen molar-refractivity contribution in [2.45, 2.75) is 44.3 Å². The summed E-state index contributed by atoms with van der Waals surface area (Å²) in [5.41, 5.74) is 2.63. The van der Waals surface area contributed by atoms with E-state index in [4.69, 9.17) is 0 Å². The largest absolute Gasteiger partial charge is 0.313 e. The van der Waals surface area contributed by atoms with Gasteiger partial charge < -0.3 is 5.32 Å². The van der Waals surface area contributed by atoms with Crippen LogP contribution < -0.4 is 5.32 Å². The van der Waals surface area contributed by atoms with E-state index in [1.807, 2.05) is 4.68 Å². The lowest BCUT2D eigenvalue weighted by molar-refractivity contribution is 0.485. The van der Waals surface area contributed by atoms with Gasteiger partial charge in [-0.1, -0.05) is 49.9 Å². The van der Waals surface area contributed by atoms with Crippen LogP contribution in [0.15, 0.2) is 29.4 Å². The minimum atomic E-state index is 0.481. The summed E-state index contributed by atoms with van der Waals surface area (Å²) in [4.78, 5) is 0. The van der Waals surface area contributed by atoms with E-state index in [1.165, 1.54) is 11.1 Å². The zero-order chi connectivity index (χ0) is 14.4. The Morgan fingerprint density at radius 3 is 2.85 bits per heavy atom. The molecule has 0 aliphatic rings. The number of benzene rings is 1. The molecule has 0 unspecified atom stereocenters. The van der Waals surface area contributed by atoms with Gasteiger partial charge in [0.2, 0.25) is 5.16 Å². The molecule has 108 valence electrons. The fourth-order valence-electron chi connectivity index (χ4n) is 1.81. The van der Waals surface area contributed by atoms with Gasteiger partial charge in [-0.15, -0.1) is 5.10 Å². The maximum absolute atomic E-state index is 4.10. The van der Waals surface area contributed by atoms with Gasteiger partial charge in [0.05, 0.1) is 6.54 Å². The smallest absolute Gasteiger partial charge is 0.209 e. The lowest BCUT2D eigenvalue weighted by Crippen LogP contribution is -2.27. The molecular formula is C14H21N5S. The SMILES string of the molecule is Cc1ccccc1CSc1nnnn1CCNC(C)C. The summed E-state index contributed by atoms with van der Waals surface area (Å²) in [6, 6.07) is 8.89. The molecule has 0 spiro atoms. The Hall–Kier alpha value is -1.40. The minimum Gasteiger partial charge on any atom is -0.313 e. The molecule has 1 heterocycles. The number of hydrogen-bond acceptors (Lipinski definition) is 5. The van der Waals surface area contributed by atoms with Crippen molar-refractivity contribution in [2.75, 3.05) is 6.54 Å². The minimum absolute atomic E-state index is 0.481. The van der Waals surface area contributed by atoms with Crippen LogP contribution >= 0.6 is 11.8 Å². The zero-order valence-electron chi connectivity index (χ0n) is 12.2. The highest BCUT2D eigenvalue weighted by atomic mass is 32.2. The van der Waals surface area contributed by atoms with Crippen molar-refractivity contribution in [3.05, 3.63) is 35.4 Å². The Morgan fingerprint density at radius 2 is 2.10 bits per heavy atom. The molecule has 1 aromatic heterocycles. The molecule has 20 heavy (non-hydrogen) atoms. The summed E-state index contributed by atoms with van der Waals surface area (Å²) >= 11 is 1.68. The predicted molar refractivity (Wildman–Crippen MR) is 81.7 cm³/mol. The molecule has 0 amide bonds. The summed E-state index contributed by atoms with van der Waals surface area (Å²) < 4.78 is 1.86. The fourth-order valence-corrected chi connectivity index (χ4v) is 2.79. The molecule has 0 saturated heterocycles. The first-order chi connectivity index (χ1) is 9.66. The molecule has 5 nitrogen and oxygen atoms in total. The van der Waals surface area contributed by atoms with Crippen LogP contribution in [0.4, 0.5) is 0 Å². The van der Waals surface area contributed by atoms with Crippen molar-refractivity contribution >= 4 is 11.8 Å². The van der Waals surface area contributed by atoms with E-state index in [0.29, 0.717) is 6.04 Å². The number of nitrogens with zero attached hydrogens (tertiary/aromatic N) is 4. The second kappa shape index (κ2) is 7.40. The molecule has 1 N–H and O–H groups in total. The van der Waals surface area contributed by atoms with Crippen LogP contribution in [0, 0.1) is 6.92 Å². The van der Waals surface area contributed by atoms with Gasteiger partial charge in [0.15, 0.2) is 0 Å². The summed E-state index contributed by atoms with van der Waals surface area (Å²) in [5.74, 6) is 0.894. The third kappa shape index (κ3) is 4.31. The molecule has 0 radical (unpaired) electrons. The van der Waals surface area contributed by atoms with Gasteiger partial charge in [0.25, 0.3) is 0 Å². The molecule has 2 rings (SSSR count). The van der Waals surface area contributed by atoms with Gasteiger partial charge in [-0.2, -0.15) is 0 Å². The Labute approximate surface area is 124 Å². The highest BCUT2D eigenvalue weighted by molar-refractivity contribution is 7.98. The summed E-state index contributed by atoms with van der Waals surface area (Å²) in [7, 11) is 0. The summed E-state index contributed by atoms with van der Waals surface area (Å²) in [5, 5.41) is 16.1. The van der Waals surface area contributed by atoms with E-state index in [0.717, 1.165) is 24.0 Å². The van der Waals surface area contributed by atoms with Crippen molar-refractivity contribution in [1.82, 2.24) is 25.5 Å². The number of tetrazole rings is 1. The van der Waals surface area contributed by atoms with Crippen LogP contribution in [-0.2, 0) is 12.3 Å². The molecule has 6 heteroatoms. The van der Waals surface area contributed by atoms with Gasteiger partial charge in [-0.05, 0) is 28.5 Å². The van der Waals surface area contributed by atoms with Crippen molar-refractivity contribution in [2.24, 2.45) is 0 Å². The van der Waals surface area contributed by atoms with E-state index in [2.05, 4.69) is 65.9 Å². The number of aromatic nitrogens is 4. The summed E-state index contributed by atoms with van der Waals surface area (Å²) in [6.45, 7) is 8.06. The highest BCUT2D eigenvalue weighted by Crippen LogP contribution is 2.21. The molecule has 0 aliphatic heterocycles. The van der Waals surface area contributed by atoms with E-state index >= 15 is 0 Å². The first-order valence-corrected chi connectivity index (χ1v) is 7.82. The predicted octanol–water partition coefficient (Wildman–Crippen LogP) is 2.27. The number of hydrogen-bond donors (Lipinski definition) is 1. The average molecular weight is 291 g/mol. The molecule has 1 aromatic carbocycles. The van der Waals surface area contributed by atoms with Crippen LogP contribution in [0.25, 0.3) is 0 Å². The standard InChI is InChI=1S/C14H21N5S/c1-11(2)15-8-9-19-14(16-17-18-19)20-10-13-7-5-4-6-12(13)3/h4-7,11,15H,8-10H2,1-3H3. The van der Waals surface area contributed by atoms with Crippen molar-refractivity contribution in [3.63, 3.8) is 0 Å². The molecular weight excluding hydrogens is 270 g/mol. The second-order valence-corrected chi connectivity index (χ2v) is 5.95. The van der Waals surface area contributed by atoms with E-state index in [9.17, 15) is 0 Å². The third-order valence-corrected chi connectivity index (χ3v) is 4.00. The number of nitrogens with one attached hydrogen (secondary N) is 1. The van der Waals surface area contributed by atoms with Crippen molar-refractivity contribution < 1.29 is 0 Å². The van der Waals surface area contributed by atoms with Crippen molar-refractivity contribution in [1.29, 1.82) is 0 Å². The maximum atomic E-state index is 4.10. The monoisotopic (exact) mass is 291 g/mol. The van der Waals surface area contributed by atoms with E-state index in [-0.39, 0.29) is 0 Å². The lowest BCUT2D eigenvalue weighted by atomic mass is 10.1. The maximum Gasteiger partial charge on any atom is 0.209 e.